The average Bonchev–Trinajstić information content (AvgIpc) is 2.86. The summed E-state index contributed by atoms with van der Waals surface area (Å²) >= 11 is 0. The molecule has 0 radical (unpaired) electrons. The van der Waals surface area contributed by atoms with Crippen LogP contribution in [0.2, 0.25) is 0 Å². The zero-order chi connectivity index (χ0) is 13.1. The number of hydrogen-bond donors (Lipinski definition) is 2. The Morgan fingerprint density at radius 3 is 2.94 bits per heavy atom. The predicted octanol–water partition coefficient (Wildman–Crippen LogP) is 1.92. The van der Waals surface area contributed by atoms with E-state index in [0.29, 0.717) is 5.69 Å². The Kier molecular flexibility index (Phi) is 4.19. The summed E-state index contributed by atoms with van der Waals surface area (Å²) in [5, 5.41) is 12.3. The monoisotopic (exact) mass is 252 g/mol. The zero-order valence-electron chi connectivity index (χ0n) is 11.0. The van der Waals surface area contributed by atoms with Gasteiger partial charge in [0.1, 0.15) is 5.82 Å². The standard InChI is InChI=1S/C14H21FN2O/c1-10(16-2)12-4-3-5-13(15)14(12)17-7-6-11(8-17)9-18/h3-5,10-11,16,18H,6-9H2,1-2H3. The highest BCUT2D eigenvalue weighted by Gasteiger charge is 2.26. The van der Waals surface area contributed by atoms with Gasteiger partial charge in [0.2, 0.25) is 0 Å². The van der Waals surface area contributed by atoms with Gasteiger partial charge in [-0.15, -0.1) is 0 Å². The van der Waals surface area contributed by atoms with Crippen LogP contribution in [0.5, 0.6) is 0 Å². The normalized spacial score (nSPS) is 21.3. The topological polar surface area (TPSA) is 35.5 Å². The third-order valence-electron chi connectivity index (χ3n) is 3.78. The van der Waals surface area contributed by atoms with Gasteiger partial charge in [-0.2, -0.15) is 0 Å². The molecular weight excluding hydrogens is 231 g/mol. The third kappa shape index (κ3) is 2.49. The minimum atomic E-state index is -0.173. The molecule has 2 atom stereocenters. The first-order valence-corrected chi connectivity index (χ1v) is 6.48. The van der Waals surface area contributed by atoms with E-state index in [-0.39, 0.29) is 24.4 Å². The van der Waals surface area contributed by atoms with E-state index in [9.17, 15) is 9.50 Å². The van der Waals surface area contributed by atoms with Gasteiger partial charge >= 0.3 is 0 Å². The molecule has 1 aromatic rings. The Bertz CT molecular complexity index is 411. The highest BCUT2D eigenvalue weighted by molar-refractivity contribution is 5.56. The van der Waals surface area contributed by atoms with Crippen LogP contribution in [-0.4, -0.2) is 31.9 Å². The molecule has 1 saturated heterocycles. The van der Waals surface area contributed by atoms with Gasteiger partial charge in [-0.3, -0.25) is 0 Å². The number of hydrogen-bond acceptors (Lipinski definition) is 3. The second-order valence-corrected chi connectivity index (χ2v) is 4.97. The lowest BCUT2D eigenvalue weighted by Crippen LogP contribution is -2.25. The molecule has 0 spiro atoms. The minimum Gasteiger partial charge on any atom is -0.396 e. The summed E-state index contributed by atoms with van der Waals surface area (Å²) in [5.41, 5.74) is 1.67. The van der Waals surface area contributed by atoms with Crippen LogP contribution in [0, 0.1) is 11.7 Å². The Morgan fingerprint density at radius 2 is 2.33 bits per heavy atom. The van der Waals surface area contributed by atoms with Crippen molar-refractivity contribution >= 4 is 5.69 Å². The molecule has 100 valence electrons. The van der Waals surface area contributed by atoms with Gasteiger partial charge < -0.3 is 15.3 Å². The van der Waals surface area contributed by atoms with Gasteiger partial charge in [-0.25, -0.2) is 4.39 Å². The van der Waals surface area contributed by atoms with Crippen LogP contribution in [0.3, 0.4) is 0 Å². The van der Waals surface area contributed by atoms with Crippen molar-refractivity contribution in [3.05, 3.63) is 29.6 Å². The molecule has 0 bridgehead atoms. The van der Waals surface area contributed by atoms with E-state index >= 15 is 0 Å². The number of benzene rings is 1. The van der Waals surface area contributed by atoms with Gasteiger partial charge in [-0.1, -0.05) is 12.1 Å². The molecule has 1 fully saturated rings. The Balaban J connectivity index is 2.31. The summed E-state index contributed by atoms with van der Waals surface area (Å²) in [7, 11) is 1.87. The first-order chi connectivity index (χ1) is 8.67. The van der Waals surface area contributed by atoms with E-state index in [0.717, 1.165) is 25.1 Å². The van der Waals surface area contributed by atoms with Crippen molar-refractivity contribution in [3.8, 4) is 0 Å². The minimum absolute atomic E-state index is 0.115. The van der Waals surface area contributed by atoms with E-state index in [1.54, 1.807) is 6.07 Å². The van der Waals surface area contributed by atoms with Crippen molar-refractivity contribution in [1.82, 2.24) is 5.32 Å². The van der Waals surface area contributed by atoms with Crippen LogP contribution in [0.25, 0.3) is 0 Å². The molecule has 1 aromatic carbocycles. The number of para-hydroxylation sites is 1. The lowest BCUT2D eigenvalue weighted by Gasteiger charge is -2.25. The summed E-state index contributed by atoms with van der Waals surface area (Å²) in [6, 6.07) is 5.34. The molecule has 0 aliphatic carbocycles. The van der Waals surface area contributed by atoms with Crippen LogP contribution >= 0.6 is 0 Å². The van der Waals surface area contributed by atoms with Gasteiger partial charge in [0.25, 0.3) is 0 Å². The van der Waals surface area contributed by atoms with Gasteiger partial charge in [0.15, 0.2) is 0 Å². The number of nitrogens with zero attached hydrogens (tertiary/aromatic N) is 1. The van der Waals surface area contributed by atoms with E-state index in [1.807, 2.05) is 20.0 Å². The summed E-state index contributed by atoms with van der Waals surface area (Å²) in [6.07, 6.45) is 0.929. The van der Waals surface area contributed by atoms with Crippen molar-refractivity contribution in [2.45, 2.75) is 19.4 Å². The second kappa shape index (κ2) is 5.67. The fraction of sp³-hybridized carbons (Fsp3) is 0.571. The van der Waals surface area contributed by atoms with Crippen LogP contribution in [0.1, 0.15) is 24.9 Å². The highest BCUT2D eigenvalue weighted by atomic mass is 19.1. The Labute approximate surface area is 108 Å². The Morgan fingerprint density at radius 1 is 1.56 bits per heavy atom. The highest BCUT2D eigenvalue weighted by Crippen LogP contribution is 2.32. The van der Waals surface area contributed by atoms with Crippen LogP contribution in [0.4, 0.5) is 10.1 Å². The third-order valence-corrected chi connectivity index (χ3v) is 3.78. The number of rotatable bonds is 4. The molecule has 1 heterocycles. The van der Waals surface area contributed by atoms with Crippen LogP contribution in [-0.2, 0) is 0 Å². The van der Waals surface area contributed by atoms with E-state index in [1.165, 1.54) is 6.07 Å². The molecule has 18 heavy (non-hydrogen) atoms. The van der Waals surface area contributed by atoms with Gasteiger partial charge in [-0.05, 0) is 32.0 Å². The number of aliphatic hydroxyl groups is 1. The van der Waals surface area contributed by atoms with Crippen molar-refractivity contribution in [3.63, 3.8) is 0 Å². The number of halogens is 1. The maximum absolute atomic E-state index is 14.1. The average molecular weight is 252 g/mol. The smallest absolute Gasteiger partial charge is 0.146 e. The maximum Gasteiger partial charge on any atom is 0.146 e. The van der Waals surface area contributed by atoms with Crippen LogP contribution < -0.4 is 10.2 Å². The second-order valence-electron chi connectivity index (χ2n) is 4.97. The molecule has 1 aliphatic heterocycles. The van der Waals surface area contributed by atoms with E-state index in [4.69, 9.17) is 0 Å². The molecular formula is C14H21FN2O. The Hall–Kier alpha value is -1.13. The van der Waals surface area contributed by atoms with Gasteiger partial charge in [0, 0.05) is 31.7 Å². The number of nitrogens with one attached hydrogen (secondary N) is 1. The predicted molar refractivity (Wildman–Crippen MR) is 71.3 cm³/mol. The quantitative estimate of drug-likeness (QED) is 0.859. The SMILES string of the molecule is CNC(C)c1cccc(F)c1N1CCC(CO)C1. The molecule has 2 N–H and O–H groups in total. The fourth-order valence-corrected chi connectivity index (χ4v) is 2.56. The van der Waals surface area contributed by atoms with Crippen molar-refractivity contribution < 1.29 is 9.50 Å². The fourth-order valence-electron chi connectivity index (χ4n) is 2.56. The van der Waals surface area contributed by atoms with Gasteiger partial charge in [0.05, 0.1) is 5.69 Å². The molecule has 2 rings (SSSR count). The molecule has 1 aliphatic rings. The van der Waals surface area contributed by atoms with E-state index in [2.05, 4.69) is 10.2 Å². The molecule has 0 saturated carbocycles. The van der Waals surface area contributed by atoms with Crippen molar-refractivity contribution in [2.24, 2.45) is 5.92 Å². The van der Waals surface area contributed by atoms with Crippen LogP contribution in [0.15, 0.2) is 18.2 Å². The molecule has 0 amide bonds. The summed E-state index contributed by atoms with van der Waals surface area (Å²) in [4.78, 5) is 2.05. The van der Waals surface area contributed by atoms with Crippen molar-refractivity contribution in [1.29, 1.82) is 0 Å². The summed E-state index contributed by atoms with van der Waals surface area (Å²) < 4.78 is 14.1. The number of anilines is 1. The lowest BCUT2D eigenvalue weighted by molar-refractivity contribution is 0.238. The maximum atomic E-state index is 14.1. The molecule has 4 heteroatoms. The molecule has 2 unspecified atom stereocenters. The zero-order valence-corrected chi connectivity index (χ0v) is 11.0. The molecule has 3 nitrogen and oxygen atoms in total. The number of aliphatic hydroxyl groups excluding tert-OH is 1. The molecule has 0 aromatic heterocycles. The first kappa shape index (κ1) is 13.3. The lowest BCUT2D eigenvalue weighted by atomic mass is 10.0. The first-order valence-electron chi connectivity index (χ1n) is 6.48. The van der Waals surface area contributed by atoms with Crippen molar-refractivity contribution in [2.75, 3.05) is 31.6 Å². The summed E-state index contributed by atoms with van der Waals surface area (Å²) in [6.45, 7) is 3.76. The largest absolute Gasteiger partial charge is 0.396 e. The summed E-state index contributed by atoms with van der Waals surface area (Å²) in [5.74, 6) is 0.0931. The van der Waals surface area contributed by atoms with E-state index < -0.39 is 0 Å².